The molecule has 0 saturated heterocycles. The Kier molecular flexibility index (Phi) is 5.95. The van der Waals surface area contributed by atoms with E-state index in [1.165, 1.54) is 17.0 Å². The molecule has 6 nitrogen and oxygen atoms in total. The Morgan fingerprint density at radius 3 is 2.52 bits per heavy atom. The third kappa shape index (κ3) is 4.98. The van der Waals surface area contributed by atoms with Crippen LogP contribution in [0.4, 0.5) is 18.9 Å². The Hall–Kier alpha value is -3.23. The average molecular weight is 408 g/mol. The molecule has 2 aromatic carbocycles. The zero-order chi connectivity index (χ0) is 21.0. The topological polar surface area (TPSA) is 67.9 Å². The first kappa shape index (κ1) is 20.5. The molecular formula is C20H19F3N2O4. The van der Waals surface area contributed by atoms with Crippen LogP contribution >= 0.6 is 0 Å². The number of anilines is 1. The normalized spacial score (nSPS) is 15.9. The van der Waals surface area contributed by atoms with Crippen LogP contribution in [0.3, 0.4) is 0 Å². The predicted molar refractivity (Wildman–Crippen MR) is 99.0 cm³/mol. The molecular weight excluding hydrogens is 389 g/mol. The van der Waals surface area contributed by atoms with Gasteiger partial charge in [0.25, 0.3) is 11.8 Å². The lowest BCUT2D eigenvalue weighted by molar-refractivity contribution is -0.274. The van der Waals surface area contributed by atoms with Gasteiger partial charge in [-0.3, -0.25) is 9.59 Å². The average Bonchev–Trinajstić information content (AvgIpc) is 2.70. The number of hydrogen-bond acceptors (Lipinski definition) is 4. The van der Waals surface area contributed by atoms with Crippen LogP contribution in [0.15, 0.2) is 48.5 Å². The number of ether oxygens (including phenoxy) is 2. The summed E-state index contributed by atoms with van der Waals surface area (Å²) in [5, 5.41) is 2.74. The minimum Gasteiger partial charge on any atom is -0.477 e. The van der Waals surface area contributed by atoms with Crippen molar-refractivity contribution in [3.05, 3.63) is 54.1 Å². The minimum atomic E-state index is -4.81. The van der Waals surface area contributed by atoms with E-state index in [-0.39, 0.29) is 18.0 Å². The van der Waals surface area contributed by atoms with Crippen molar-refractivity contribution in [2.75, 3.05) is 18.0 Å². The largest absolute Gasteiger partial charge is 0.573 e. The highest BCUT2D eigenvalue weighted by Crippen LogP contribution is 2.34. The highest BCUT2D eigenvalue weighted by Gasteiger charge is 2.34. The van der Waals surface area contributed by atoms with Gasteiger partial charge in [-0.2, -0.15) is 0 Å². The molecule has 2 aromatic rings. The van der Waals surface area contributed by atoms with Crippen LogP contribution in [0.5, 0.6) is 11.5 Å². The lowest BCUT2D eigenvalue weighted by atomic mass is 10.1. The number of fused-ring (bicyclic) bond motifs is 1. The number of carbonyl (C=O) groups is 2. The van der Waals surface area contributed by atoms with Gasteiger partial charge in [0.2, 0.25) is 0 Å². The van der Waals surface area contributed by atoms with E-state index in [2.05, 4.69) is 10.1 Å². The predicted octanol–water partition coefficient (Wildman–Crippen LogP) is 3.52. The molecule has 1 aliphatic heterocycles. The van der Waals surface area contributed by atoms with E-state index in [0.717, 1.165) is 18.6 Å². The van der Waals surface area contributed by atoms with Crippen molar-refractivity contribution in [2.45, 2.75) is 25.8 Å². The zero-order valence-electron chi connectivity index (χ0n) is 15.5. The molecule has 1 heterocycles. The number of alkyl halides is 3. The Bertz CT molecular complexity index is 884. The highest BCUT2D eigenvalue weighted by atomic mass is 19.4. The molecule has 29 heavy (non-hydrogen) atoms. The van der Waals surface area contributed by atoms with Crippen molar-refractivity contribution in [3.8, 4) is 11.5 Å². The summed E-state index contributed by atoms with van der Waals surface area (Å²) in [5.74, 6) is -0.852. The lowest BCUT2D eigenvalue weighted by Gasteiger charge is -2.34. The molecule has 0 aliphatic carbocycles. The van der Waals surface area contributed by atoms with E-state index in [4.69, 9.17) is 4.74 Å². The van der Waals surface area contributed by atoms with Crippen LogP contribution in [0.2, 0.25) is 0 Å². The van der Waals surface area contributed by atoms with Crippen LogP contribution in [0.1, 0.15) is 23.7 Å². The Morgan fingerprint density at radius 2 is 1.86 bits per heavy atom. The van der Waals surface area contributed by atoms with Gasteiger partial charge in [-0.25, -0.2) is 0 Å². The first-order chi connectivity index (χ1) is 13.8. The number of halogens is 3. The monoisotopic (exact) mass is 408 g/mol. The van der Waals surface area contributed by atoms with E-state index in [9.17, 15) is 22.8 Å². The van der Waals surface area contributed by atoms with Gasteiger partial charge in [-0.1, -0.05) is 19.1 Å². The molecule has 0 spiro atoms. The smallest absolute Gasteiger partial charge is 0.477 e. The second kappa shape index (κ2) is 8.42. The molecule has 2 amide bonds. The lowest BCUT2D eigenvalue weighted by Crippen LogP contribution is -2.50. The van der Waals surface area contributed by atoms with Crippen LogP contribution < -0.4 is 19.7 Å². The first-order valence-corrected chi connectivity index (χ1v) is 8.99. The van der Waals surface area contributed by atoms with Gasteiger partial charge in [0.1, 0.15) is 11.5 Å². The van der Waals surface area contributed by atoms with Crippen molar-refractivity contribution in [3.63, 3.8) is 0 Å². The maximum atomic E-state index is 13.0. The van der Waals surface area contributed by atoms with Gasteiger partial charge in [0.05, 0.1) is 12.2 Å². The highest BCUT2D eigenvalue weighted by molar-refractivity contribution is 6.08. The summed E-state index contributed by atoms with van der Waals surface area (Å²) in [6.07, 6.45) is -4.95. The van der Waals surface area contributed by atoms with Crippen LogP contribution in [0.25, 0.3) is 0 Å². The summed E-state index contributed by atoms with van der Waals surface area (Å²) in [6.45, 7) is 2.38. The molecule has 1 N–H and O–H groups in total. The van der Waals surface area contributed by atoms with E-state index in [0.29, 0.717) is 18.0 Å². The summed E-state index contributed by atoms with van der Waals surface area (Å²) in [4.78, 5) is 26.8. The van der Waals surface area contributed by atoms with Crippen molar-refractivity contribution < 1.29 is 32.2 Å². The third-order valence-corrected chi connectivity index (χ3v) is 4.20. The molecule has 1 aliphatic rings. The summed E-state index contributed by atoms with van der Waals surface area (Å²) < 4.78 is 46.5. The molecule has 0 saturated carbocycles. The van der Waals surface area contributed by atoms with E-state index >= 15 is 0 Å². The van der Waals surface area contributed by atoms with Gasteiger partial charge < -0.3 is 19.7 Å². The number of benzene rings is 2. The second-order valence-electron chi connectivity index (χ2n) is 6.35. The molecule has 0 radical (unpaired) electrons. The molecule has 1 atom stereocenters. The molecule has 0 fully saturated rings. The summed E-state index contributed by atoms with van der Waals surface area (Å²) in [5.41, 5.74) is 0.636. The van der Waals surface area contributed by atoms with Crippen molar-refractivity contribution >= 4 is 17.5 Å². The van der Waals surface area contributed by atoms with Gasteiger partial charge in [-0.15, -0.1) is 13.2 Å². The fraction of sp³-hybridized carbons (Fsp3) is 0.300. The Morgan fingerprint density at radius 1 is 1.17 bits per heavy atom. The van der Waals surface area contributed by atoms with Gasteiger partial charge >= 0.3 is 6.36 Å². The number of para-hydroxylation sites is 2. The molecule has 0 aromatic heterocycles. The van der Waals surface area contributed by atoms with Gasteiger partial charge in [0.15, 0.2) is 6.10 Å². The molecule has 0 bridgehead atoms. The number of hydrogen-bond donors (Lipinski definition) is 1. The number of nitrogens with one attached hydrogen (secondary N) is 1. The first-order valence-electron chi connectivity index (χ1n) is 8.99. The number of rotatable bonds is 5. The van der Waals surface area contributed by atoms with Crippen LogP contribution in [0, 0.1) is 0 Å². The fourth-order valence-corrected chi connectivity index (χ4v) is 2.88. The second-order valence-corrected chi connectivity index (χ2v) is 6.35. The SMILES string of the molecule is CCCNC(=O)[C@H]1CN(C(=O)c2ccc(OC(F)(F)F)cc2)c2ccccc2O1. The fourth-order valence-electron chi connectivity index (χ4n) is 2.88. The van der Waals surface area contributed by atoms with Crippen LogP contribution in [-0.4, -0.2) is 37.4 Å². The van der Waals surface area contributed by atoms with Crippen LogP contribution in [-0.2, 0) is 4.79 Å². The molecule has 9 heteroatoms. The van der Waals surface area contributed by atoms with Gasteiger partial charge in [-0.05, 0) is 42.8 Å². The maximum absolute atomic E-state index is 13.0. The quantitative estimate of drug-likeness (QED) is 0.822. The molecule has 154 valence electrons. The number of amides is 2. The Balaban J connectivity index is 1.83. The zero-order valence-corrected chi connectivity index (χ0v) is 15.5. The van der Waals surface area contributed by atoms with Crippen molar-refractivity contribution in [1.29, 1.82) is 0 Å². The van der Waals surface area contributed by atoms with Crippen molar-refractivity contribution in [1.82, 2.24) is 5.32 Å². The van der Waals surface area contributed by atoms with E-state index in [1.807, 2.05) is 6.92 Å². The van der Waals surface area contributed by atoms with Gasteiger partial charge in [0, 0.05) is 12.1 Å². The minimum absolute atomic E-state index is 0.0216. The summed E-state index contributed by atoms with van der Waals surface area (Å²) in [7, 11) is 0. The standard InChI is InChI=1S/C20H19F3N2O4/c1-2-11-24-18(26)17-12-25(15-5-3-4-6-16(15)28-17)19(27)13-7-9-14(10-8-13)29-20(21,22)23/h3-10,17H,2,11-12H2,1H3,(H,24,26)/t17-/m1/s1. The van der Waals surface area contributed by atoms with E-state index in [1.54, 1.807) is 24.3 Å². The number of carbonyl (C=O) groups excluding carboxylic acids is 2. The Labute approximate surface area is 165 Å². The number of nitrogens with zero attached hydrogens (tertiary/aromatic N) is 1. The van der Waals surface area contributed by atoms with E-state index < -0.39 is 24.1 Å². The molecule has 0 unspecified atom stereocenters. The molecule has 3 rings (SSSR count). The maximum Gasteiger partial charge on any atom is 0.573 e. The summed E-state index contributed by atoms with van der Waals surface area (Å²) in [6, 6.07) is 11.4. The van der Waals surface area contributed by atoms with Crippen molar-refractivity contribution in [2.24, 2.45) is 0 Å². The third-order valence-electron chi connectivity index (χ3n) is 4.20. The summed E-state index contributed by atoms with van der Waals surface area (Å²) >= 11 is 0.